The zero-order valence-corrected chi connectivity index (χ0v) is 16.7. The molecule has 3 rings (SSSR count). The van der Waals surface area contributed by atoms with E-state index in [0.717, 1.165) is 12.8 Å². The molecule has 160 valence electrons. The molecule has 0 atom stereocenters. The molecule has 6 nitrogen and oxygen atoms in total. The Morgan fingerprint density at radius 1 is 1.06 bits per heavy atom. The summed E-state index contributed by atoms with van der Waals surface area (Å²) in [5.41, 5.74) is 0.204. The van der Waals surface area contributed by atoms with Crippen molar-refractivity contribution in [1.29, 1.82) is 5.26 Å². The highest BCUT2D eigenvalue weighted by Crippen LogP contribution is 2.35. The Hall–Kier alpha value is -3.80. The molecule has 0 amide bonds. The molecule has 0 aliphatic rings. The van der Waals surface area contributed by atoms with E-state index in [9.17, 15) is 13.2 Å². The summed E-state index contributed by atoms with van der Waals surface area (Å²) in [5, 5.41) is 14.5. The second-order valence-corrected chi connectivity index (χ2v) is 6.62. The number of halogens is 3. The molecule has 0 saturated carbocycles. The van der Waals surface area contributed by atoms with Crippen LogP contribution >= 0.6 is 0 Å². The number of benzene rings is 2. The van der Waals surface area contributed by atoms with Gasteiger partial charge >= 0.3 is 6.18 Å². The number of nitrogens with zero attached hydrogens (tertiary/aromatic N) is 3. The van der Waals surface area contributed by atoms with E-state index in [1.807, 2.05) is 6.07 Å². The number of anilines is 4. The van der Waals surface area contributed by atoms with Crippen LogP contribution < -0.4 is 15.4 Å². The summed E-state index contributed by atoms with van der Waals surface area (Å²) < 4.78 is 45.9. The van der Waals surface area contributed by atoms with Crippen LogP contribution in [0.2, 0.25) is 0 Å². The highest BCUT2D eigenvalue weighted by Gasteiger charge is 2.35. The minimum absolute atomic E-state index is 0.00779. The van der Waals surface area contributed by atoms with Crippen LogP contribution in [0.25, 0.3) is 0 Å². The maximum Gasteiger partial charge on any atom is 0.421 e. The standard InChI is InChI=1S/C22H20F3N5O/c1-2-3-11-31-18-9-7-16(8-10-18)29-21-27-14-19(22(23,24)25)20(30-21)28-17-6-4-5-15(12-17)13-26/h4-10,12,14H,2-3,11H2,1H3,(H2,27,28,29,30). The topological polar surface area (TPSA) is 82.9 Å². The fraction of sp³-hybridized carbons (Fsp3) is 0.227. The Kier molecular flexibility index (Phi) is 6.92. The van der Waals surface area contributed by atoms with Gasteiger partial charge in [-0.05, 0) is 48.9 Å². The lowest BCUT2D eigenvalue weighted by atomic mass is 10.2. The monoisotopic (exact) mass is 427 g/mol. The average molecular weight is 427 g/mol. The van der Waals surface area contributed by atoms with Crippen molar-refractivity contribution in [3.8, 4) is 11.8 Å². The Labute approximate surface area is 177 Å². The third-order valence-corrected chi connectivity index (χ3v) is 4.23. The molecule has 0 spiro atoms. The molecular formula is C22H20F3N5O. The van der Waals surface area contributed by atoms with Gasteiger partial charge in [-0.15, -0.1) is 0 Å². The molecule has 0 unspecified atom stereocenters. The number of ether oxygens (including phenoxy) is 1. The zero-order valence-electron chi connectivity index (χ0n) is 16.7. The van der Waals surface area contributed by atoms with Gasteiger partial charge in [0.2, 0.25) is 5.95 Å². The van der Waals surface area contributed by atoms with Crippen molar-refractivity contribution in [3.63, 3.8) is 0 Å². The fourth-order valence-corrected chi connectivity index (χ4v) is 2.65. The molecule has 1 aromatic heterocycles. The summed E-state index contributed by atoms with van der Waals surface area (Å²) in [6.45, 7) is 2.69. The van der Waals surface area contributed by atoms with Crippen molar-refractivity contribution < 1.29 is 17.9 Å². The van der Waals surface area contributed by atoms with Gasteiger partial charge in [0.1, 0.15) is 17.1 Å². The van der Waals surface area contributed by atoms with Crippen LogP contribution in [0.4, 0.5) is 36.3 Å². The van der Waals surface area contributed by atoms with Gasteiger partial charge in [-0.25, -0.2) is 4.98 Å². The maximum atomic E-state index is 13.4. The predicted octanol–water partition coefficient (Wildman–Crippen LogP) is 6.03. The van der Waals surface area contributed by atoms with E-state index in [1.165, 1.54) is 6.07 Å². The summed E-state index contributed by atoms with van der Waals surface area (Å²) >= 11 is 0. The lowest BCUT2D eigenvalue weighted by Crippen LogP contribution is -2.12. The zero-order chi connectivity index (χ0) is 22.3. The predicted molar refractivity (Wildman–Crippen MR) is 112 cm³/mol. The Morgan fingerprint density at radius 3 is 2.52 bits per heavy atom. The molecule has 9 heteroatoms. The third-order valence-electron chi connectivity index (χ3n) is 4.23. The van der Waals surface area contributed by atoms with Crippen LogP contribution in [-0.2, 0) is 6.18 Å². The summed E-state index contributed by atoms with van der Waals surface area (Å²) in [4.78, 5) is 7.79. The van der Waals surface area contributed by atoms with E-state index in [1.54, 1.807) is 42.5 Å². The van der Waals surface area contributed by atoms with Gasteiger partial charge in [0.05, 0.1) is 18.2 Å². The second-order valence-electron chi connectivity index (χ2n) is 6.62. The number of hydrogen-bond donors (Lipinski definition) is 2. The van der Waals surface area contributed by atoms with Crippen LogP contribution in [0.1, 0.15) is 30.9 Å². The lowest BCUT2D eigenvalue weighted by Gasteiger charge is -2.15. The van der Waals surface area contributed by atoms with Crippen molar-refractivity contribution >= 4 is 23.1 Å². The van der Waals surface area contributed by atoms with Gasteiger partial charge in [0.15, 0.2) is 0 Å². The van der Waals surface area contributed by atoms with Gasteiger partial charge in [-0.1, -0.05) is 19.4 Å². The first-order valence-corrected chi connectivity index (χ1v) is 9.60. The highest BCUT2D eigenvalue weighted by molar-refractivity contribution is 5.64. The Balaban J connectivity index is 1.82. The number of nitrogens with one attached hydrogen (secondary N) is 2. The van der Waals surface area contributed by atoms with Crippen LogP contribution in [0.3, 0.4) is 0 Å². The van der Waals surface area contributed by atoms with Gasteiger partial charge in [-0.2, -0.15) is 23.4 Å². The maximum absolute atomic E-state index is 13.4. The van der Waals surface area contributed by atoms with Crippen molar-refractivity contribution in [1.82, 2.24) is 9.97 Å². The van der Waals surface area contributed by atoms with E-state index >= 15 is 0 Å². The minimum Gasteiger partial charge on any atom is -0.494 e. The van der Waals surface area contributed by atoms with Gasteiger partial charge in [0, 0.05) is 17.6 Å². The number of hydrogen-bond acceptors (Lipinski definition) is 6. The number of alkyl halides is 3. The van der Waals surface area contributed by atoms with Crippen molar-refractivity contribution in [2.24, 2.45) is 0 Å². The van der Waals surface area contributed by atoms with E-state index in [4.69, 9.17) is 10.00 Å². The normalized spacial score (nSPS) is 10.9. The van der Waals surface area contributed by atoms with Crippen molar-refractivity contribution in [2.75, 3.05) is 17.2 Å². The molecular weight excluding hydrogens is 407 g/mol. The first-order chi connectivity index (χ1) is 14.9. The molecule has 0 fully saturated rings. The smallest absolute Gasteiger partial charge is 0.421 e. The molecule has 0 bridgehead atoms. The molecule has 0 aliphatic heterocycles. The molecule has 0 aliphatic carbocycles. The summed E-state index contributed by atoms with van der Waals surface area (Å²) in [5.74, 6) is 0.276. The van der Waals surface area contributed by atoms with E-state index in [0.29, 0.717) is 35.5 Å². The molecule has 0 saturated heterocycles. The number of aromatic nitrogens is 2. The lowest BCUT2D eigenvalue weighted by molar-refractivity contribution is -0.137. The SMILES string of the molecule is CCCCOc1ccc(Nc2ncc(C(F)(F)F)c(Nc3cccc(C#N)c3)n2)cc1. The van der Waals surface area contributed by atoms with Crippen LogP contribution in [0, 0.1) is 11.3 Å². The van der Waals surface area contributed by atoms with Crippen LogP contribution in [0.15, 0.2) is 54.7 Å². The number of nitriles is 1. The van der Waals surface area contributed by atoms with Crippen LogP contribution in [-0.4, -0.2) is 16.6 Å². The van der Waals surface area contributed by atoms with Gasteiger partial charge < -0.3 is 15.4 Å². The first kappa shape index (κ1) is 21.9. The largest absolute Gasteiger partial charge is 0.494 e. The van der Waals surface area contributed by atoms with E-state index in [-0.39, 0.29) is 5.95 Å². The second kappa shape index (κ2) is 9.80. The number of unbranched alkanes of at least 4 members (excludes halogenated alkanes) is 1. The van der Waals surface area contributed by atoms with Crippen molar-refractivity contribution in [3.05, 3.63) is 65.9 Å². The third kappa shape index (κ3) is 6.09. The van der Waals surface area contributed by atoms with E-state index in [2.05, 4.69) is 27.5 Å². The van der Waals surface area contributed by atoms with E-state index < -0.39 is 17.6 Å². The quantitative estimate of drug-likeness (QED) is 0.427. The van der Waals surface area contributed by atoms with Crippen molar-refractivity contribution in [2.45, 2.75) is 25.9 Å². The molecule has 3 aromatic rings. The van der Waals surface area contributed by atoms with Crippen LogP contribution in [0.5, 0.6) is 5.75 Å². The summed E-state index contributed by atoms with van der Waals surface area (Å²) in [6, 6.07) is 15.0. The van der Waals surface area contributed by atoms with Gasteiger partial charge in [0.25, 0.3) is 0 Å². The summed E-state index contributed by atoms with van der Waals surface area (Å²) in [7, 11) is 0. The summed E-state index contributed by atoms with van der Waals surface area (Å²) in [6.07, 6.45) is -1.95. The molecule has 0 radical (unpaired) electrons. The Bertz CT molecular complexity index is 1060. The first-order valence-electron chi connectivity index (χ1n) is 9.60. The number of rotatable bonds is 8. The molecule has 2 aromatic carbocycles. The Morgan fingerprint density at radius 2 is 1.84 bits per heavy atom. The minimum atomic E-state index is -4.65. The molecule has 2 N–H and O–H groups in total. The fourth-order valence-electron chi connectivity index (χ4n) is 2.65. The highest BCUT2D eigenvalue weighted by atomic mass is 19.4. The van der Waals surface area contributed by atoms with Gasteiger partial charge in [-0.3, -0.25) is 0 Å². The molecule has 31 heavy (non-hydrogen) atoms. The molecule has 1 heterocycles. The average Bonchev–Trinajstić information content (AvgIpc) is 2.75.